The van der Waals surface area contributed by atoms with Crippen LogP contribution >= 0.6 is 23.4 Å². The van der Waals surface area contributed by atoms with Gasteiger partial charge in [0.2, 0.25) is 0 Å². The molecule has 5 heteroatoms. The largest absolute Gasteiger partial charge is 0.293 e. The van der Waals surface area contributed by atoms with Gasteiger partial charge in [0, 0.05) is 15.5 Å². The molecule has 1 unspecified atom stereocenters. The van der Waals surface area contributed by atoms with E-state index in [9.17, 15) is 13.6 Å². The number of carbonyl (C=O) groups is 1. The lowest BCUT2D eigenvalue weighted by atomic mass is 10.1. The Kier molecular flexibility index (Phi) is 4.78. The zero-order valence-electron chi connectivity index (χ0n) is 10.6. The lowest BCUT2D eigenvalue weighted by molar-refractivity contribution is 0.0994. The number of hydrogen-bond donors (Lipinski definition) is 0. The summed E-state index contributed by atoms with van der Waals surface area (Å²) in [5, 5.41) is 0.156. The maximum atomic E-state index is 13.1. The number of benzene rings is 2. The highest BCUT2D eigenvalue weighted by Crippen LogP contribution is 2.27. The standard InChI is InChI=1S/C15H11ClF2OS/c1-9(15(19)10-2-4-11(16)5-3-10)20-12-6-7-13(17)14(18)8-12/h2-9H,1H3. The number of halogens is 3. The third kappa shape index (κ3) is 3.58. The van der Waals surface area contributed by atoms with Crippen molar-refractivity contribution in [3.63, 3.8) is 0 Å². The summed E-state index contributed by atoms with van der Waals surface area (Å²) in [4.78, 5) is 12.7. The van der Waals surface area contributed by atoms with Crippen molar-refractivity contribution in [1.82, 2.24) is 0 Å². The Balaban J connectivity index is 2.11. The summed E-state index contributed by atoms with van der Waals surface area (Å²) in [6, 6.07) is 10.2. The normalized spacial score (nSPS) is 12.2. The van der Waals surface area contributed by atoms with Crippen LogP contribution in [0.1, 0.15) is 17.3 Å². The maximum Gasteiger partial charge on any atom is 0.175 e. The molecule has 0 fully saturated rings. The van der Waals surface area contributed by atoms with Gasteiger partial charge in [0.1, 0.15) is 0 Å². The Bertz CT molecular complexity index is 628. The van der Waals surface area contributed by atoms with Gasteiger partial charge in [0.25, 0.3) is 0 Å². The number of thioether (sulfide) groups is 1. The Morgan fingerprint density at radius 2 is 1.75 bits per heavy atom. The summed E-state index contributed by atoms with van der Waals surface area (Å²) in [7, 11) is 0. The summed E-state index contributed by atoms with van der Waals surface area (Å²) in [5.41, 5.74) is 0.539. The van der Waals surface area contributed by atoms with Crippen molar-refractivity contribution < 1.29 is 13.6 Å². The van der Waals surface area contributed by atoms with Gasteiger partial charge in [0.15, 0.2) is 17.4 Å². The Morgan fingerprint density at radius 1 is 1.10 bits per heavy atom. The Morgan fingerprint density at radius 3 is 2.35 bits per heavy atom. The molecule has 0 aliphatic carbocycles. The van der Waals surface area contributed by atoms with E-state index < -0.39 is 16.9 Å². The quantitative estimate of drug-likeness (QED) is 0.585. The number of rotatable bonds is 4. The molecule has 104 valence electrons. The van der Waals surface area contributed by atoms with Gasteiger partial charge in [-0.1, -0.05) is 11.6 Å². The first-order chi connectivity index (χ1) is 9.47. The van der Waals surface area contributed by atoms with E-state index in [0.29, 0.717) is 15.5 Å². The fourth-order valence-corrected chi connectivity index (χ4v) is 2.75. The molecular weight excluding hydrogens is 302 g/mol. The molecule has 2 aromatic carbocycles. The third-order valence-electron chi connectivity index (χ3n) is 2.70. The molecule has 0 amide bonds. The summed E-state index contributed by atoms with van der Waals surface area (Å²) in [6.07, 6.45) is 0. The minimum absolute atomic E-state index is 0.0867. The van der Waals surface area contributed by atoms with Crippen molar-refractivity contribution in [2.24, 2.45) is 0 Å². The van der Waals surface area contributed by atoms with Crippen LogP contribution in [0, 0.1) is 11.6 Å². The van der Waals surface area contributed by atoms with E-state index in [1.807, 2.05) is 0 Å². The van der Waals surface area contributed by atoms with Crippen LogP contribution < -0.4 is 0 Å². The highest BCUT2D eigenvalue weighted by molar-refractivity contribution is 8.00. The molecule has 0 aliphatic heterocycles. The number of ketones is 1. The van der Waals surface area contributed by atoms with Crippen LogP contribution in [0.5, 0.6) is 0 Å². The van der Waals surface area contributed by atoms with Crippen LogP contribution in [0.4, 0.5) is 8.78 Å². The lowest BCUT2D eigenvalue weighted by Gasteiger charge is -2.10. The molecule has 2 rings (SSSR count). The molecule has 0 bridgehead atoms. The fraction of sp³-hybridized carbons (Fsp3) is 0.133. The van der Waals surface area contributed by atoms with E-state index in [4.69, 9.17) is 11.6 Å². The molecule has 2 aromatic rings. The van der Waals surface area contributed by atoms with Gasteiger partial charge in [-0.15, -0.1) is 11.8 Å². The van der Waals surface area contributed by atoms with E-state index in [1.165, 1.54) is 17.8 Å². The van der Waals surface area contributed by atoms with Gasteiger partial charge >= 0.3 is 0 Å². The molecule has 0 heterocycles. The van der Waals surface area contributed by atoms with Crippen molar-refractivity contribution >= 4 is 29.1 Å². The van der Waals surface area contributed by atoms with E-state index in [2.05, 4.69) is 0 Å². The average Bonchev–Trinajstić information content (AvgIpc) is 2.43. The van der Waals surface area contributed by atoms with Crippen LogP contribution in [0.15, 0.2) is 47.4 Å². The minimum atomic E-state index is -0.916. The van der Waals surface area contributed by atoms with Crippen LogP contribution in [-0.4, -0.2) is 11.0 Å². The third-order valence-corrected chi connectivity index (χ3v) is 4.05. The van der Waals surface area contributed by atoms with Gasteiger partial charge in [-0.3, -0.25) is 4.79 Å². The molecule has 1 nitrogen and oxygen atoms in total. The zero-order chi connectivity index (χ0) is 14.7. The SMILES string of the molecule is CC(Sc1ccc(F)c(F)c1)C(=O)c1ccc(Cl)cc1. The van der Waals surface area contributed by atoms with E-state index in [0.717, 1.165) is 12.1 Å². The first-order valence-electron chi connectivity index (χ1n) is 5.89. The molecule has 0 saturated heterocycles. The number of Topliss-reactive ketones (excluding diaryl/α,β-unsaturated/α-hetero) is 1. The molecule has 0 saturated carbocycles. The number of hydrogen-bond acceptors (Lipinski definition) is 2. The molecule has 1 atom stereocenters. The highest BCUT2D eigenvalue weighted by Gasteiger charge is 2.17. The van der Waals surface area contributed by atoms with Gasteiger partial charge in [-0.2, -0.15) is 0 Å². The molecule has 0 aliphatic rings. The van der Waals surface area contributed by atoms with Gasteiger partial charge in [-0.05, 0) is 49.4 Å². The van der Waals surface area contributed by atoms with Gasteiger partial charge in [0.05, 0.1) is 5.25 Å². The Labute approximate surface area is 125 Å². The second-order valence-electron chi connectivity index (χ2n) is 4.21. The summed E-state index contributed by atoms with van der Waals surface area (Å²) >= 11 is 6.95. The fourth-order valence-electron chi connectivity index (χ4n) is 1.66. The second kappa shape index (κ2) is 6.37. The second-order valence-corrected chi connectivity index (χ2v) is 6.06. The molecule has 0 spiro atoms. The lowest BCUT2D eigenvalue weighted by Crippen LogP contribution is -2.13. The molecule has 0 N–H and O–H groups in total. The average molecular weight is 313 g/mol. The zero-order valence-corrected chi connectivity index (χ0v) is 12.1. The summed E-state index contributed by atoms with van der Waals surface area (Å²) in [6.45, 7) is 1.73. The van der Waals surface area contributed by atoms with Crippen molar-refractivity contribution in [3.8, 4) is 0 Å². The van der Waals surface area contributed by atoms with E-state index >= 15 is 0 Å². The first kappa shape index (κ1) is 15.0. The van der Waals surface area contributed by atoms with Gasteiger partial charge < -0.3 is 0 Å². The van der Waals surface area contributed by atoms with Crippen molar-refractivity contribution in [2.75, 3.05) is 0 Å². The van der Waals surface area contributed by atoms with Crippen molar-refractivity contribution in [3.05, 3.63) is 64.7 Å². The topological polar surface area (TPSA) is 17.1 Å². The molecule has 20 heavy (non-hydrogen) atoms. The van der Waals surface area contributed by atoms with Crippen LogP contribution in [0.25, 0.3) is 0 Å². The monoisotopic (exact) mass is 312 g/mol. The molecular formula is C15H11ClF2OS. The predicted octanol–water partition coefficient (Wildman–Crippen LogP) is 4.98. The minimum Gasteiger partial charge on any atom is -0.293 e. The predicted molar refractivity (Wildman–Crippen MR) is 77.5 cm³/mol. The van der Waals surface area contributed by atoms with Crippen LogP contribution in [0.3, 0.4) is 0 Å². The van der Waals surface area contributed by atoms with E-state index in [1.54, 1.807) is 31.2 Å². The summed E-state index contributed by atoms with van der Waals surface area (Å²) < 4.78 is 25.9. The van der Waals surface area contributed by atoms with Gasteiger partial charge in [-0.25, -0.2) is 8.78 Å². The number of carbonyl (C=O) groups excluding carboxylic acids is 1. The maximum absolute atomic E-state index is 13.1. The molecule has 0 radical (unpaired) electrons. The smallest absolute Gasteiger partial charge is 0.175 e. The highest BCUT2D eigenvalue weighted by atomic mass is 35.5. The summed E-state index contributed by atoms with van der Waals surface area (Å²) in [5.74, 6) is -1.90. The van der Waals surface area contributed by atoms with Crippen molar-refractivity contribution in [1.29, 1.82) is 0 Å². The van der Waals surface area contributed by atoms with E-state index in [-0.39, 0.29) is 5.78 Å². The van der Waals surface area contributed by atoms with Crippen LogP contribution in [0.2, 0.25) is 5.02 Å². The Hall–Kier alpha value is -1.39. The molecule has 0 aromatic heterocycles. The first-order valence-corrected chi connectivity index (χ1v) is 7.14. The van der Waals surface area contributed by atoms with Crippen molar-refractivity contribution in [2.45, 2.75) is 17.1 Å². The van der Waals surface area contributed by atoms with Crippen LogP contribution in [-0.2, 0) is 0 Å².